The minimum Gasteiger partial charge on any atom is -0.299 e. The number of rotatable bonds is 8. The third-order valence-corrected chi connectivity index (χ3v) is 6.28. The quantitative estimate of drug-likeness (QED) is 0.460. The highest BCUT2D eigenvalue weighted by molar-refractivity contribution is 5.26. The molecule has 0 radical (unpaired) electrons. The number of benzene rings is 2. The smallest absolute Gasteiger partial charge is 0.299 e. The van der Waals surface area contributed by atoms with Gasteiger partial charge in [-0.05, 0) is 74.2 Å². The molecule has 1 saturated carbocycles. The lowest BCUT2D eigenvalue weighted by atomic mass is 9.78. The molecule has 1 fully saturated rings. The standard InChI is InChI=1S/C25H32F3N/c1-2-29(19-21-7-4-3-5-8-21)18-6-9-20-10-12-22(13-11-20)23-14-16-24(17-15-23)25(26,27)28/h3-5,7-8,10-13,23-24H,2,6,9,14-19H2,1H3. The second kappa shape index (κ2) is 10.3. The zero-order valence-corrected chi connectivity index (χ0v) is 17.3. The summed E-state index contributed by atoms with van der Waals surface area (Å²) in [5.41, 5.74) is 3.86. The Hall–Kier alpha value is -1.81. The number of hydrogen-bond acceptors (Lipinski definition) is 1. The summed E-state index contributed by atoms with van der Waals surface area (Å²) in [6.07, 6.45) is -0.0535. The molecule has 1 nitrogen and oxygen atoms in total. The van der Waals surface area contributed by atoms with Gasteiger partial charge in [0.25, 0.3) is 0 Å². The fraction of sp³-hybridized carbons (Fsp3) is 0.520. The molecule has 2 aromatic carbocycles. The molecule has 0 unspecified atom stereocenters. The van der Waals surface area contributed by atoms with Crippen LogP contribution in [0.3, 0.4) is 0 Å². The van der Waals surface area contributed by atoms with E-state index in [9.17, 15) is 13.2 Å². The molecule has 0 bridgehead atoms. The largest absolute Gasteiger partial charge is 0.391 e. The number of nitrogens with zero attached hydrogens (tertiary/aromatic N) is 1. The van der Waals surface area contributed by atoms with E-state index in [1.54, 1.807) is 0 Å². The molecule has 158 valence electrons. The first-order valence-electron chi connectivity index (χ1n) is 10.9. The van der Waals surface area contributed by atoms with E-state index in [-0.39, 0.29) is 18.8 Å². The highest BCUT2D eigenvalue weighted by atomic mass is 19.4. The van der Waals surface area contributed by atoms with Gasteiger partial charge in [0, 0.05) is 6.54 Å². The molecule has 1 aliphatic carbocycles. The van der Waals surface area contributed by atoms with E-state index < -0.39 is 12.1 Å². The first kappa shape index (κ1) is 21.9. The Balaban J connectivity index is 1.43. The van der Waals surface area contributed by atoms with E-state index in [0.717, 1.165) is 32.5 Å². The predicted octanol–water partition coefficient (Wildman–Crippen LogP) is 6.98. The van der Waals surface area contributed by atoms with E-state index in [1.165, 1.54) is 16.7 Å². The van der Waals surface area contributed by atoms with Crippen molar-refractivity contribution in [3.05, 3.63) is 71.3 Å². The van der Waals surface area contributed by atoms with Crippen LogP contribution in [-0.4, -0.2) is 24.2 Å². The average Bonchev–Trinajstić information content (AvgIpc) is 2.74. The Labute approximate surface area is 172 Å². The molecule has 0 N–H and O–H groups in total. The van der Waals surface area contributed by atoms with Crippen LogP contribution in [0.2, 0.25) is 0 Å². The van der Waals surface area contributed by atoms with Crippen molar-refractivity contribution in [1.82, 2.24) is 4.90 Å². The van der Waals surface area contributed by atoms with Gasteiger partial charge < -0.3 is 0 Å². The van der Waals surface area contributed by atoms with E-state index >= 15 is 0 Å². The second-order valence-electron chi connectivity index (χ2n) is 8.29. The SMILES string of the molecule is CCN(CCCc1ccc(C2CCC(C(F)(F)F)CC2)cc1)Cc1ccccc1. The second-order valence-corrected chi connectivity index (χ2v) is 8.29. The van der Waals surface area contributed by atoms with Crippen LogP contribution in [-0.2, 0) is 13.0 Å². The van der Waals surface area contributed by atoms with Crippen molar-refractivity contribution in [2.75, 3.05) is 13.1 Å². The Morgan fingerprint density at radius 2 is 1.52 bits per heavy atom. The summed E-state index contributed by atoms with van der Waals surface area (Å²) in [4.78, 5) is 2.46. The van der Waals surface area contributed by atoms with Gasteiger partial charge in [0.05, 0.1) is 5.92 Å². The van der Waals surface area contributed by atoms with E-state index in [1.807, 2.05) is 6.07 Å². The lowest BCUT2D eigenvalue weighted by Crippen LogP contribution is -2.27. The van der Waals surface area contributed by atoms with Crippen LogP contribution in [0.4, 0.5) is 13.2 Å². The summed E-state index contributed by atoms with van der Waals surface area (Å²) >= 11 is 0. The molecule has 1 aliphatic rings. The van der Waals surface area contributed by atoms with Gasteiger partial charge in [-0.2, -0.15) is 13.2 Å². The van der Waals surface area contributed by atoms with E-state index in [4.69, 9.17) is 0 Å². The lowest BCUT2D eigenvalue weighted by Gasteiger charge is -2.30. The Morgan fingerprint density at radius 3 is 2.10 bits per heavy atom. The fourth-order valence-corrected chi connectivity index (χ4v) is 4.41. The van der Waals surface area contributed by atoms with Crippen LogP contribution < -0.4 is 0 Å². The van der Waals surface area contributed by atoms with Crippen molar-refractivity contribution >= 4 is 0 Å². The zero-order chi connectivity index (χ0) is 20.7. The minimum absolute atomic E-state index is 0.268. The Kier molecular flexibility index (Phi) is 7.77. The number of alkyl halides is 3. The first-order chi connectivity index (χ1) is 14.0. The van der Waals surface area contributed by atoms with Crippen LogP contribution in [0.15, 0.2) is 54.6 Å². The maximum absolute atomic E-state index is 12.8. The summed E-state index contributed by atoms with van der Waals surface area (Å²) in [7, 11) is 0. The van der Waals surface area contributed by atoms with Crippen molar-refractivity contribution in [2.24, 2.45) is 5.92 Å². The van der Waals surface area contributed by atoms with Gasteiger partial charge in [-0.25, -0.2) is 0 Å². The van der Waals surface area contributed by atoms with Gasteiger partial charge in [-0.3, -0.25) is 4.90 Å². The molecule has 29 heavy (non-hydrogen) atoms. The summed E-state index contributed by atoms with van der Waals surface area (Å²) in [5.74, 6) is -0.820. The van der Waals surface area contributed by atoms with Crippen molar-refractivity contribution in [2.45, 2.75) is 64.1 Å². The summed E-state index contributed by atoms with van der Waals surface area (Å²) < 4.78 is 38.5. The number of halogens is 3. The molecule has 3 rings (SSSR count). The maximum Gasteiger partial charge on any atom is 0.391 e. The molecule has 0 amide bonds. The normalized spacial score (nSPS) is 20.2. The molecular weight excluding hydrogens is 371 g/mol. The summed E-state index contributed by atoms with van der Waals surface area (Å²) in [6.45, 7) is 5.28. The van der Waals surface area contributed by atoms with Gasteiger partial charge in [-0.15, -0.1) is 0 Å². The molecular formula is C25H32F3N. The predicted molar refractivity (Wildman–Crippen MR) is 113 cm³/mol. The third-order valence-electron chi connectivity index (χ3n) is 6.28. The van der Waals surface area contributed by atoms with Crippen molar-refractivity contribution in [1.29, 1.82) is 0 Å². The molecule has 2 aromatic rings. The summed E-state index contributed by atoms with van der Waals surface area (Å²) in [6, 6.07) is 19.2. The number of hydrogen-bond donors (Lipinski definition) is 0. The van der Waals surface area contributed by atoms with Crippen molar-refractivity contribution in [3.8, 4) is 0 Å². The van der Waals surface area contributed by atoms with Crippen LogP contribution >= 0.6 is 0 Å². The monoisotopic (exact) mass is 403 g/mol. The van der Waals surface area contributed by atoms with Crippen molar-refractivity contribution in [3.63, 3.8) is 0 Å². The first-order valence-corrected chi connectivity index (χ1v) is 10.9. The molecule has 0 saturated heterocycles. The highest BCUT2D eigenvalue weighted by Gasteiger charge is 2.41. The van der Waals surface area contributed by atoms with Gasteiger partial charge >= 0.3 is 6.18 Å². The van der Waals surface area contributed by atoms with Crippen molar-refractivity contribution < 1.29 is 13.2 Å². The molecule has 4 heteroatoms. The maximum atomic E-state index is 12.8. The van der Waals surface area contributed by atoms with E-state index in [2.05, 4.69) is 60.4 Å². The highest BCUT2D eigenvalue weighted by Crippen LogP contribution is 2.42. The molecule has 0 spiro atoms. The van der Waals surface area contributed by atoms with Gasteiger partial charge in [0.1, 0.15) is 0 Å². The molecule has 0 aromatic heterocycles. The molecule has 0 aliphatic heterocycles. The molecule has 0 heterocycles. The van der Waals surface area contributed by atoms with Crippen LogP contribution in [0.5, 0.6) is 0 Å². The van der Waals surface area contributed by atoms with Gasteiger partial charge in [-0.1, -0.05) is 61.5 Å². The third kappa shape index (κ3) is 6.60. The average molecular weight is 404 g/mol. The number of aryl methyl sites for hydroxylation is 1. The van der Waals surface area contributed by atoms with Gasteiger partial charge in [0.2, 0.25) is 0 Å². The topological polar surface area (TPSA) is 3.24 Å². The Bertz CT molecular complexity index is 716. The lowest BCUT2D eigenvalue weighted by molar-refractivity contribution is -0.182. The summed E-state index contributed by atoms with van der Waals surface area (Å²) in [5, 5.41) is 0. The Morgan fingerprint density at radius 1 is 0.862 bits per heavy atom. The zero-order valence-electron chi connectivity index (χ0n) is 17.3. The minimum atomic E-state index is -4.03. The van der Waals surface area contributed by atoms with Crippen LogP contribution in [0.25, 0.3) is 0 Å². The molecule has 0 atom stereocenters. The van der Waals surface area contributed by atoms with E-state index in [0.29, 0.717) is 12.8 Å². The van der Waals surface area contributed by atoms with Crippen LogP contribution in [0, 0.1) is 5.92 Å². The van der Waals surface area contributed by atoms with Gasteiger partial charge in [0.15, 0.2) is 0 Å². The fourth-order valence-electron chi connectivity index (χ4n) is 4.41. The van der Waals surface area contributed by atoms with Crippen LogP contribution in [0.1, 0.15) is 61.6 Å².